The monoisotopic (exact) mass is 517 g/mol. The molecule has 0 atom stereocenters. The lowest BCUT2D eigenvalue weighted by Gasteiger charge is -2.15. The van der Waals surface area contributed by atoms with Gasteiger partial charge in [-0.15, -0.1) is 0 Å². The first-order valence-electron chi connectivity index (χ1n) is 16.5. The molecule has 0 radical (unpaired) electrons. The highest BCUT2D eigenvalue weighted by Gasteiger charge is 2.24. The summed E-state index contributed by atoms with van der Waals surface area (Å²) in [5, 5.41) is 4.80. The summed E-state index contributed by atoms with van der Waals surface area (Å²) in [6, 6.07) is 26.5. The SMILES string of the molecule is [2H]c1c([2H])c([2H])c2c([2H])c(-c3c4ccccc4c(-c4cccc5oc6ccccc6c45)c4c3oc3ccccc34)c([2H])c([2H])c2c1[2H]. The number of benzene rings is 7. The minimum absolute atomic E-state index is 0.0753. The molecule has 0 amide bonds. The minimum Gasteiger partial charge on any atom is -0.456 e. The second-order valence-electron chi connectivity index (χ2n) is 9.87. The fourth-order valence-electron chi connectivity index (χ4n) is 6.06. The van der Waals surface area contributed by atoms with Crippen molar-refractivity contribution < 1.29 is 18.4 Å². The fraction of sp³-hybridized carbons (Fsp3) is 0. The van der Waals surface area contributed by atoms with Crippen LogP contribution in [0, 0.1) is 0 Å². The summed E-state index contributed by atoms with van der Waals surface area (Å²) in [6.45, 7) is 0. The first-order chi connectivity index (χ1) is 22.8. The van der Waals surface area contributed by atoms with E-state index in [1.165, 1.54) is 0 Å². The van der Waals surface area contributed by atoms with Crippen molar-refractivity contribution in [3.8, 4) is 22.3 Å². The normalized spacial score (nSPS) is 14.4. The lowest BCUT2D eigenvalue weighted by molar-refractivity contribution is 0.669. The van der Waals surface area contributed by atoms with E-state index in [4.69, 9.17) is 15.7 Å². The van der Waals surface area contributed by atoms with Crippen molar-refractivity contribution in [3.05, 3.63) is 133 Å². The fourth-order valence-corrected chi connectivity index (χ4v) is 6.06. The van der Waals surface area contributed by atoms with Gasteiger partial charge in [0.2, 0.25) is 0 Å². The van der Waals surface area contributed by atoms with Crippen molar-refractivity contribution in [2.75, 3.05) is 0 Å². The molecular formula is C38H22O2. The number of fused-ring (bicyclic) bond motifs is 8. The predicted octanol–water partition coefficient (Wildman–Crippen LogP) is 11.1. The first-order valence-corrected chi connectivity index (χ1v) is 13.0. The van der Waals surface area contributed by atoms with Gasteiger partial charge in [0.05, 0.1) is 9.60 Å². The van der Waals surface area contributed by atoms with Crippen LogP contribution in [-0.4, -0.2) is 0 Å². The Labute approximate surface area is 239 Å². The van der Waals surface area contributed by atoms with Crippen molar-refractivity contribution >= 4 is 65.4 Å². The summed E-state index contributed by atoms with van der Waals surface area (Å²) in [4.78, 5) is 0. The topological polar surface area (TPSA) is 26.3 Å². The summed E-state index contributed by atoms with van der Waals surface area (Å²) >= 11 is 0. The third-order valence-corrected chi connectivity index (χ3v) is 7.71. The molecule has 9 rings (SSSR count). The Bertz CT molecular complexity index is 2830. The number of rotatable bonds is 2. The van der Waals surface area contributed by atoms with Gasteiger partial charge in [0.25, 0.3) is 0 Å². The van der Waals surface area contributed by atoms with Gasteiger partial charge in [0.15, 0.2) is 0 Å². The Morgan fingerprint density at radius 1 is 0.475 bits per heavy atom. The molecule has 0 N–H and O–H groups in total. The van der Waals surface area contributed by atoms with Gasteiger partial charge in [-0.2, -0.15) is 0 Å². The van der Waals surface area contributed by atoms with Crippen molar-refractivity contribution in [3.63, 3.8) is 0 Å². The van der Waals surface area contributed by atoms with Crippen LogP contribution in [-0.2, 0) is 0 Å². The number of hydrogen-bond donors (Lipinski definition) is 0. The van der Waals surface area contributed by atoms with Crippen LogP contribution in [0.3, 0.4) is 0 Å². The zero-order valence-corrected chi connectivity index (χ0v) is 21.0. The van der Waals surface area contributed by atoms with Crippen molar-refractivity contribution in [1.29, 1.82) is 0 Å². The summed E-state index contributed by atoms with van der Waals surface area (Å²) in [6.07, 6.45) is 0. The van der Waals surface area contributed by atoms with E-state index in [1.54, 1.807) is 0 Å². The molecule has 2 heteroatoms. The number of hydrogen-bond acceptors (Lipinski definition) is 2. The van der Waals surface area contributed by atoms with Gasteiger partial charge in [0, 0.05) is 32.7 Å². The Balaban J connectivity index is 1.54. The zero-order valence-electron chi connectivity index (χ0n) is 28.0. The summed E-state index contributed by atoms with van der Waals surface area (Å²) < 4.78 is 74.2. The van der Waals surface area contributed by atoms with E-state index in [2.05, 4.69) is 6.07 Å². The van der Waals surface area contributed by atoms with E-state index in [9.17, 15) is 2.74 Å². The molecule has 0 bridgehead atoms. The zero-order chi connectivity index (χ0) is 32.3. The van der Waals surface area contributed by atoms with Gasteiger partial charge in [-0.3, -0.25) is 0 Å². The molecule has 7 aromatic carbocycles. The van der Waals surface area contributed by atoms with E-state index < -0.39 is 24.2 Å². The Morgan fingerprint density at radius 2 is 1.10 bits per heavy atom. The molecule has 0 aliphatic carbocycles. The lowest BCUT2D eigenvalue weighted by Crippen LogP contribution is -1.90. The Morgan fingerprint density at radius 3 is 1.90 bits per heavy atom. The quantitative estimate of drug-likeness (QED) is 0.228. The molecule has 0 aliphatic heterocycles. The first kappa shape index (κ1) is 15.9. The Kier molecular flexibility index (Phi) is 3.22. The molecule has 186 valence electrons. The van der Waals surface area contributed by atoms with Crippen LogP contribution in [0.2, 0.25) is 0 Å². The summed E-state index contributed by atoms with van der Waals surface area (Å²) in [7, 11) is 0. The highest BCUT2D eigenvalue weighted by molar-refractivity contribution is 6.29. The third kappa shape index (κ3) is 2.93. The number of furan rings is 2. The van der Waals surface area contributed by atoms with Gasteiger partial charge >= 0.3 is 0 Å². The largest absolute Gasteiger partial charge is 0.456 e. The van der Waals surface area contributed by atoms with Crippen LogP contribution in [0.5, 0.6) is 0 Å². The number of para-hydroxylation sites is 2. The van der Waals surface area contributed by atoms with Gasteiger partial charge in [-0.25, -0.2) is 0 Å². The molecule has 0 aliphatic rings. The van der Waals surface area contributed by atoms with Crippen molar-refractivity contribution in [2.45, 2.75) is 0 Å². The lowest BCUT2D eigenvalue weighted by atomic mass is 9.86. The molecule has 0 saturated carbocycles. The van der Waals surface area contributed by atoms with Crippen LogP contribution in [0.25, 0.3) is 87.7 Å². The maximum atomic E-state index is 9.39. The smallest absolute Gasteiger partial charge is 0.144 e. The van der Waals surface area contributed by atoms with Gasteiger partial charge in [-0.1, -0.05) is 109 Å². The third-order valence-electron chi connectivity index (χ3n) is 7.71. The van der Waals surface area contributed by atoms with Crippen LogP contribution in [0.1, 0.15) is 9.60 Å². The average molecular weight is 518 g/mol. The van der Waals surface area contributed by atoms with Crippen molar-refractivity contribution in [2.24, 2.45) is 0 Å². The highest BCUT2D eigenvalue weighted by Crippen LogP contribution is 2.50. The molecule has 40 heavy (non-hydrogen) atoms. The molecular weight excluding hydrogens is 488 g/mol. The molecule has 2 aromatic heterocycles. The Hall–Kier alpha value is -5.34. The maximum Gasteiger partial charge on any atom is 0.144 e. The highest BCUT2D eigenvalue weighted by atomic mass is 16.3. The van der Waals surface area contributed by atoms with Crippen LogP contribution in [0.4, 0.5) is 0 Å². The molecule has 0 saturated heterocycles. The molecule has 9 aromatic rings. The van der Waals surface area contributed by atoms with E-state index in [0.717, 1.165) is 49.2 Å². The average Bonchev–Trinajstić information content (AvgIpc) is 3.66. The second kappa shape index (κ2) is 8.08. The second-order valence-corrected chi connectivity index (χ2v) is 9.87. The molecule has 0 spiro atoms. The molecule has 2 heterocycles. The molecule has 2 nitrogen and oxygen atoms in total. The van der Waals surface area contributed by atoms with Gasteiger partial charge < -0.3 is 8.83 Å². The van der Waals surface area contributed by atoms with Gasteiger partial charge in [-0.05, 0) is 56.9 Å². The van der Waals surface area contributed by atoms with E-state index in [-0.39, 0.29) is 34.5 Å². The summed E-state index contributed by atoms with van der Waals surface area (Å²) in [5.74, 6) is 0. The molecule has 0 fully saturated rings. The van der Waals surface area contributed by atoms with E-state index in [1.807, 2.05) is 84.9 Å². The predicted molar refractivity (Wildman–Crippen MR) is 167 cm³/mol. The van der Waals surface area contributed by atoms with E-state index >= 15 is 0 Å². The van der Waals surface area contributed by atoms with E-state index in [0.29, 0.717) is 22.1 Å². The van der Waals surface area contributed by atoms with Gasteiger partial charge in [0.1, 0.15) is 22.3 Å². The van der Waals surface area contributed by atoms with Crippen LogP contribution in [0.15, 0.2) is 142 Å². The summed E-state index contributed by atoms with van der Waals surface area (Å²) in [5.41, 5.74) is 4.87. The van der Waals surface area contributed by atoms with Crippen LogP contribution < -0.4 is 0 Å². The van der Waals surface area contributed by atoms with Crippen molar-refractivity contribution in [1.82, 2.24) is 0 Å². The minimum atomic E-state index is -0.502. The standard InChI is InChI=1S/C38H22O2/c1-2-11-24-22-25(21-20-23(24)10-1)34-26-12-3-4-13-27(26)36(37-29-15-6-8-18-32(29)40-38(34)37)30-16-9-19-33-35(30)28-14-5-7-17-31(28)39-33/h1-22H/i1D,2D,10D,11D,20D,21D,22D. The molecule has 0 unspecified atom stereocenters. The maximum absolute atomic E-state index is 9.39. The van der Waals surface area contributed by atoms with Crippen LogP contribution >= 0.6 is 0 Å².